The highest BCUT2D eigenvalue weighted by Gasteiger charge is 2.07. The Morgan fingerprint density at radius 3 is 2.56 bits per heavy atom. The van der Waals surface area contributed by atoms with Crippen LogP contribution in [0.5, 0.6) is 5.75 Å². The van der Waals surface area contributed by atoms with E-state index in [9.17, 15) is 5.11 Å². The fraction of sp³-hybridized carbons (Fsp3) is 0.250. The molecular weight excluding hydrogens is 220 g/mol. The molecule has 3 nitrogen and oxygen atoms in total. The monoisotopic (exact) mass is 234 g/mol. The van der Waals surface area contributed by atoms with Gasteiger partial charge in [0.15, 0.2) is 5.16 Å². The molecule has 0 fully saturated rings. The van der Waals surface area contributed by atoms with Crippen LogP contribution in [0.25, 0.3) is 5.69 Å². The molecule has 0 aliphatic carbocycles. The van der Waals surface area contributed by atoms with Crippen LogP contribution in [-0.2, 0) is 0 Å². The number of benzene rings is 1. The van der Waals surface area contributed by atoms with Gasteiger partial charge in [0.05, 0.1) is 0 Å². The number of aromatic hydroxyl groups is 1. The van der Waals surface area contributed by atoms with Crippen molar-refractivity contribution in [1.29, 1.82) is 0 Å². The zero-order valence-corrected chi connectivity index (χ0v) is 10.1. The maximum Gasteiger partial charge on any atom is 0.172 e. The second-order valence-electron chi connectivity index (χ2n) is 3.76. The first-order valence-corrected chi connectivity index (χ1v) is 6.04. The van der Waals surface area contributed by atoms with Gasteiger partial charge in [-0.05, 0) is 24.3 Å². The van der Waals surface area contributed by atoms with Crippen molar-refractivity contribution in [1.82, 2.24) is 9.55 Å². The highest BCUT2D eigenvalue weighted by atomic mass is 32.2. The molecule has 1 heterocycles. The number of nitrogens with zero attached hydrogens (tertiary/aromatic N) is 2. The molecule has 0 spiro atoms. The summed E-state index contributed by atoms with van der Waals surface area (Å²) in [4.78, 5) is 4.32. The van der Waals surface area contributed by atoms with Crippen molar-refractivity contribution in [2.75, 3.05) is 0 Å². The molecule has 1 aromatic carbocycles. The summed E-state index contributed by atoms with van der Waals surface area (Å²) in [5.41, 5.74) is 1.01. The van der Waals surface area contributed by atoms with E-state index in [1.807, 2.05) is 22.9 Å². The standard InChI is InChI=1S/C12H14N2OS/c1-9(2)16-12-13-7-8-14(12)10-3-5-11(15)6-4-10/h3-9,15H,1-2H3. The molecule has 0 aliphatic heterocycles. The maximum atomic E-state index is 9.24. The van der Waals surface area contributed by atoms with Crippen LogP contribution in [0.1, 0.15) is 13.8 Å². The Morgan fingerprint density at radius 1 is 1.25 bits per heavy atom. The van der Waals surface area contributed by atoms with E-state index in [4.69, 9.17) is 0 Å². The van der Waals surface area contributed by atoms with Crippen LogP contribution in [0, 0.1) is 0 Å². The van der Waals surface area contributed by atoms with Gasteiger partial charge in [-0.25, -0.2) is 4.98 Å². The van der Waals surface area contributed by atoms with Gasteiger partial charge in [-0.2, -0.15) is 0 Å². The number of hydrogen-bond acceptors (Lipinski definition) is 3. The number of phenols is 1. The Balaban J connectivity index is 2.33. The van der Waals surface area contributed by atoms with E-state index in [0.717, 1.165) is 10.8 Å². The number of phenolic OH excluding ortho intramolecular Hbond substituents is 1. The third-order valence-corrected chi connectivity index (χ3v) is 3.06. The average molecular weight is 234 g/mol. The molecule has 0 atom stereocenters. The van der Waals surface area contributed by atoms with E-state index in [1.54, 1.807) is 30.1 Å². The topological polar surface area (TPSA) is 38.0 Å². The molecule has 1 N–H and O–H groups in total. The van der Waals surface area contributed by atoms with Crippen molar-refractivity contribution in [2.45, 2.75) is 24.3 Å². The fourth-order valence-electron chi connectivity index (χ4n) is 1.40. The lowest BCUT2D eigenvalue weighted by Crippen LogP contribution is -1.97. The van der Waals surface area contributed by atoms with E-state index in [0.29, 0.717) is 5.25 Å². The summed E-state index contributed by atoms with van der Waals surface area (Å²) in [5, 5.41) is 10.7. The van der Waals surface area contributed by atoms with Crippen molar-refractivity contribution < 1.29 is 5.11 Å². The SMILES string of the molecule is CC(C)Sc1nccn1-c1ccc(O)cc1. The number of thioether (sulfide) groups is 1. The largest absolute Gasteiger partial charge is 0.508 e. The molecule has 1 aromatic heterocycles. The van der Waals surface area contributed by atoms with Crippen LogP contribution in [0.2, 0.25) is 0 Å². The first kappa shape index (κ1) is 11.1. The number of imidazole rings is 1. The van der Waals surface area contributed by atoms with Gasteiger partial charge in [0, 0.05) is 23.3 Å². The first-order valence-electron chi connectivity index (χ1n) is 5.16. The predicted octanol–water partition coefficient (Wildman–Crippen LogP) is 3.08. The molecule has 4 heteroatoms. The van der Waals surface area contributed by atoms with Gasteiger partial charge < -0.3 is 5.11 Å². The molecule has 0 amide bonds. The van der Waals surface area contributed by atoms with E-state index in [1.165, 1.54) is 0 Å². The van der Waals surface area contributed by atoms with Crippen LogP contribution in [0.15, 0.2) is 41.8 Å². The molecule has 2 rings (SSSR count). The smallest absolute Gasteiger partial charge is 0.172 e. The van der Waals surface area contributed by atoms with Gasteiger partial charge in [-0.1, -0.05) is 25.6 Å². The van der Waals surface area contributed by atoms with E-state index in [2.05, 4.69) is 18.8 Å². The van der Waals surface area contributed by atoms with Gasteiger partial charge in [-0.15, -0.1) is 0 Å². The first-order chi connectivity index (χ1) is 7.66. The lowest BCUT2D eigenvalue weighted by atomic mass is 10.3. The normalized spacial score (nSPS) is 10.9. The highest BCUT2D eigenvalue weighted by Crippen LogP contribution is 2.24. The van der Waals surface area contributed by atoms with Gasteiger partial charge in [0.2, 0.25) is 0 Å². The highest BCUT2D eigenvalue weighted by molar-refractivity contribution is 7.99. The van der Waals surface area contributed by atoms with Gasteiger partial charge in [0.1, 0.15) is 5.75 Å². The summed E-state index contributed by atoms with van der Waals surface area (Å²) >= 11 is 1.72. The molecular formula is C12H14N2OS. The van der Waals surface area contributed by atoms with Crippen LogP contribution in [0.3, 0.4) is 0 Å². The summed E-state index contributed by atoms with van der Waals surface area (Å²) in [7, 11) is 0. The van der Waals surface area contributed by atoms with Crippen molar-refractivity contribution in [3.05, 3.63) is 36.7 Å². The predicted molar refractivity (Wildman–Crippen MR) is 66.2 cm³/mol. The summed E-state index contributed by atoms with van der Waals surface area (Å²) in [5.74, 6) is 0.280. The molecule has 0 saturated carbocycles. The molecule has 84 valence electrons. The number of rotatable bonds is 3. The zero-order chi connectivity index (χ0) is 11.5. The molecule has 0 radical (unpaired) electrons. The lowest BCUT2D eigenvalue weighted by Gasteiger charge is -2.08. The van der Waals surface area contributed by atoms with Crippen molar-refractivity contribution >= 4 is 11.8 Å². The lowest BCUT2D eigenvalue weighted by molar-refractivity contribution is 0.475. The Hall–Kier alpha value is -1.42. The van der Waals surface area contributed by atoms with Gasteiger partial charge >= 0.3 is 0 Å². The third kappa shape index (κ3) is 2.39. The molecule has 0 bridgehead atoms. The minimum absolute atomic E-state index is 0.280. The van der Waals surface area contributed by atoms with E-state index in [-0.39, 0.29) is 5.75 Å². The Labute approximate surface area is 99.1 Å². The Kier molecular flexibility index (Phi) is 3.19. The second-order valence-corrected chi connectivity index (χ2v) is 5.31. The van der Waals surface area contributed by atoms with Crippen molar-refractivity contribution in [3.63, 3.8) is 0 Å². The van der Waals surface area contributed by atoms with Crippen LogP contribution in [-0.4, -0.2) is 19.9 Å². The fourth-order valence-corrected chi connectivity index (χ4v) is 2.22. The molecule has 0 saturated heterocycles. The van der Waals surface area contributed by atoms with Gasteiger partial charge in [-0.3, -0.25) is 4.57 Å². The number of aromatic nitrogens is 2. The van der Waals surface area contributed by atoms with E-state index >= 15 is 0 Å². The van der Waals surface area contributed by atoms with Crippen LogP contribution >= 0.6 is 11.8 Å². The minimum Gasteiger partial charge on any atom is -0.508 e. The second kappa shape index (κ2) is 4.61. The summed E-state index contributed by atoms with van der Waals surface area (Å²) < 4.78 is 2.02. The Bertz CT molecular complexity index is 462. The van der Waals surface area contributed by atoms with Crippen molar-refractivity contribution in [3.8, 4) is 11.4 Å². The van der Waals surface area contributed by atoms with Gasteiger partial charge in [0.25, 0.3) is 0 Å². The molecule has 2 aromatic rings. The molecule has 0 unspecified atom stereocenters. The minimum atomic E-state index is 0.280. The number of hydrogen-bond donors (Lipinski definition) is 1. The summed E-state index contributed by atoms with van der Waals surface area (Å²) in [6.45, 7) is 4.28. The summed E-state index contributed by atoms with van der Waals surface area (Å²) in [6, 6.07) is 7.11. The molecule has 16 heavy (non-hydrogen) atoms. The van der Waals surface area contributed by atoms with Crippen LogP contribution in [0.4, 0.5) is 0 Å². The van der Waals surface area contributed by atoms with Crippen molar-refractivity contribution in [2.24, 2.45) is 0 Å². The van der Waals surface area contributed by atoms with E-state index < -0.39 is 0 Å². The quantitative estimate of drug-likeness (QED) is 0.829. The molecule has 0 aliphatic rings. The zero-order valence-electron chi connectivity index (χ0n) is 9.29. The Morgan fingerprint density at radius 2 is 1.94 bits per heavy atom. The third-order valence-electron chi connectivity index (χ3n) is 2.08. The van der Waals surface area contributed by atoms with Crippen LogP contribution < -0.4 is 0 Å². The average Bonchev–Trinajstić information content (AvgIpc) is 2.66. The maximum absolute atomic E-state index is 9.24. The summed E-state index contributed by atoms with van der Waals surface area (Å²) in [6.07, 6.45) is 3.72.